The Bertz CT molecular complexity index is 655. The number of imidazole rings is 1. The van der Waals surface area contributed by atoms with Crippen LogP contribution in [0.4, 0.5) is 0 Å². The van der Waals surface area contributed by atoms with Crippen LogP contribution in [0.25, 0.3) is 0 Å². The molecular weight excluding hydrogens is 268 g/mol. The van der Waals surface area contributed by atoms with E-state index in [-0.39, 0.29) is 0 Å². The molecule has 0 saturated heterocycles. The van der Waals surface area contributed by atoms with Gasteiger partial charge in [-0.3, -0.25) is 0 Å². The van der Waals surface area contributed by atoms with E-state index in [1.807, 2.05) is 18.7 Å². The van der Waals surface area contributed by atoms with Crippen LogP contribution < -0.4 is 0 Å². The quantitative estimate of drug-likeness (QED) is 0.586. The van der Waals surface area contributed by atoms with Crippen molar-refractivity contribution >= 4 is 0 Å². The lowest BCUT2D eigenvalue weighted by atomic mass is 10.0. The molecule has 2 aromatic carbocycles. The molecule has 22 heavy (non-hydrogen) atoms. The molecule has 1 aromatic heterocycles. The molecule has 3 rings (SSSR count). The molecule has 0 fully saturated rings. The minimum absolute atomic E-state index is 1.02. The third-order valence-electron chi connectivity index (χ3n) is 3.97. The van der Waals surface area contributed by atoms with E-state index in [1.54, 1.807) is 0 Å². The SMILES string of the molecule is c1ccc(Cc2ccc(CCCCn3ccnc3)cc2)cc1. The van der Waals surface area contributed by atoms with Gasteiger partial charge in [0.25, 0.3) is 0 Å². The second-order valence-corrected chi connectivity index (χ2v) is 5.74. The Balaban J connectivity index is 1.45. The van der Waals surface area contributed by atoms with Crippen LogP contribution >= 0.6 is 0 Å². The van der Waals surface area contributed by atoms with Gasteiger partial charge in [-0.1, -0.05) is 54.6 Å². The molecule has 0 radical (unpaired) electrons. The summed E-state index contributed by atoms with van der Waals surface area (Å²) in [5, 5.41) is 0. The highest BCUT2D eigenvalue weighted by Crippen LogP contribution is 2.12. The largest absolute Gasteiger partial charge is 0.337 e. The lowest BCUT2D eigenvalue weighted by Crippen LogP contribution is -1.96. The second-order valence-electron chi connectivity index (χ2n) is 5.74. The number of nitrogens with zero attached hydrogens (tertiary/aromatic N) is 2. The highest BCUT2D eigenvalue weighted by Gasteiger charge is 1.98. The van der Waals surface area contributed by atoms with E-state index in [4.69, 9.17) is 0 Å². The number of aromatic nitrogens is 2. The number of unbranched alkanes of at least 4 members (excludes halogenated alkanes) is 1. The number of benzene rings is 2. The Hall–Kier alpha value is -2.35. The lowest BCUT2D eigenvalue weighted by Gasteiger charge is -2.05. The summed E-state index contributed by atoms with van der Waals surface area (Å²) in [7, 11) is 0. The Morgan fingerprint density at radius 3 is 2.23 bits per heavy atom. The molecule has 0 unspecified atom stereocenters. The Morgan fingerprint density at radius 2 is 1.50 bits per heavy atom. The summed E-state index contributed by atoms with van der Waals surface area (Å²) in [5.41, 5.74) is 4.19. The predicted octanol–water partition coefficient (Wildman–Crippen LogP) is 4.50. The summed E-state index contributed by atoms with van der Waals surface area (Å²) in [4.78, 5) is 4.07. The van der Waals surface area contributed by atoms with E-state index >= 15 is 0 Å². The van der Waals surface area contributed by atoms with Crippen LogP contribution in [0.1, 0.15) is 29.5 Å². The van der Waals surface area contributed by atoms with Crippen LogP contribution in [0.15, 0.2) is 73.3 Å². The van der Waals surface area contributed by atoms with Crippen molar-refractivity contribution in [1.29, 1.82) is 0 Å². The summed E-state index contributed by atoms with van der Waals surface area (Å²) < 4.78 is 2.14. The smallest absolute Gasteiger partial charge is 0.0945 e. The number of hydrogen-bond donors (Lipinski definition) is 0. The molecule has 3 aromatic rings. The minimum atomic E-state index is 1.02. The summed E-state index contributed by atoms with van der Waals surface area (Å²) in [6.07, 6.45) is 10.3. The Labute approximate surface area is 132 Å². The van der Waals surface area contributed by atoms with Crippen LogP contribution in [0, 0.1) is 0 Å². The van der Waals surface area contributed by atoms with Crippen molar-refractivity contribution in [2.45, 2.75) is 32.2 Å². The van der Waals surface area contributed by atoms with Gasteiger partial charge in [-0.2, -0.15) is 0 Å². The van der Waals surface area contributed by atoms with Gasteiger partial charge in [0.1, 0.15) is 0 Å². The molecule has 0 bridgehead atoms. The van der Waals surface area contributed by atoms with E-state index in [2.05, 4.69) is 64.1 Å². The van der Waals surface area contributed by atoms with Gasteiger partial charge < -0.3 is 4.57 Å². The third kappa shape index (κ3) is 4.32. The topological polar surface area (TPSA) is 17.8 Å². The highest BCUT2D eigenvalue weighted by atomic mass is 15.0. The zero-order valence-electron chi connectivity index (χ0n) is 12.9. The maximum absolute atomic E-state index is 4.07. The van der Waals surface area contributed by atoms with Crippen molar-refractivity contribution in [3.05, 3.63) is 90.0 Å². The molecule has 1 heterocycles. The van der Waals surface area contributed by atoms with Gasteiger partial charge in [0, 0.05) is 18.9 Å². The van der Waals surface area contributed by atoms with Gasteiger partial charge >= 0.3 is 0 Å². The summed E-state index contributed by atoms with van der Waals surface area (Å²) >= 11 is 0. The molecule has 0 saturated carbocycles. The van der Waals surface area contributed by atoms with Gasteiger partial charge in [0.15, 0.2) is 0 Å². The first-order valence-corrected chi connectivity index (χ1v) is 7.98. The van der Waals surface area contributed by atoms with E-state index in [0.717, 1.165) is 19.4 Å². The van der Waals surface area contributed by atoms with Crippen molar-refractivity contribution in [3.63, 3.8) is 0 Å². The Kier molecular flexibility index (Phi) is 5.04. The average molecular weight is 290 g/mol. The molecule has 0 aliphatic rings. The van der Waals surface area contributed by atoms with Crippen molar-refractivity contribution in [1.82, 2.24) is 9.55 Å². The molecule has 2 nitrogen and oxygen atoms in total. The lowest BCUT2D eigenvalue weighted by molar-refractivity contribution is 0.609. The molecule has 0 aliphatic heterocycles. The molecule has 0 spiro atoms. The molecule has 2 heteroatoms. The number of aryl methyl sites for hydroxylation is 2. The van der Waals surface area contributed by atoms with Crippen LogP contribution in [0.3, 0.4) is 0 Å². The fraction of sp³-hybridized carbons (Fsp3) is 0.250. The van der Waals surface area contributed by atoms with Crippen LogP contribution in [0.5, 0.6) is 0 Å². The first-order chi connectivity index (χ1) is 10.9. The van der Waals surface area contributed by atoms with E-state index in [1.165, 1.54) is 29.5 Å². The van der Waals surface area contributed by atoms with Crippen LogP contribution in [-0.4, -0.2) is 9.55 Å². The summed E-state index contributed by atoms with van der Waals surface area (Å²) in [6, 6.07) is 19.7. The van der Waals surface area contributed by atoms with Crippen molar-refractivity contribution < 1.29 is 0 Å². The molecule has 0 aliphatic carbocycles. The maximum atomic E-state index is 4.07. The van der Waals surface area contributed by atoms with Gasteiger partial charge in [0.2, 0.25) is 0 Å². The van der Waals surface area contributed by atoms with Crippen LogP contribution in [0.2, 0.25) is 0 Å². The third-order valence-corrected chi connectivity index (χ3v) is 3.97. The zero-order valence-corrected chi connectivity index (χ0v) is 12.9. The standard InChI is InChI=1S/C20H22N2/c1-2-7-19(8-3-1)16-20-11-9-18(10-12-20)6-4-5-14-22-15-13-21-17-22/h1-3,7-13,15,17H,4-6,14,16H2. The van der Waals surface area contributed by atoms with Crippen LogP contribution in [-0.2, 0) is 19.4 Å². The molecule has 0 atom stereocenters. The maximum Gasteiger partial charge on any atom is 0.0945 e. The average Bonchev–Trinajstić information content (AvgIpc) is 3.07. The first kappa shape index (κ1) is 14.6. The van der Waals surface area contributed by atoms with E-state index < -0.39 is 0 Å². The number of rotatable bonds is 7. The minimum Gasteiger partial charge on any atom is -0.337 e. The van der Waals surface area contributed by atoms with Gasteiger partial charge in [-0.25, -0.2) is 4.98 Å². The molecule has 0 amide bonds. The number of hydrogen-bond acceptors (Lipinski definition) is 1. The van der Waals surface area contributed by atoms with E-state index in [9.17, 15) is 0 Å². The second kappa shape index (κ2) is 7.60. The fourth-order valence-corrected chi connectivity index (χ4v) is 2.70. The predicted molar refractivity (Wildman–Crippen MR) is 90.9 cm³/mol. The van der Waals surface area contributed by atoms with E-state index in [0.29, 0.717) is 0 Å². The van der Waals surface area contributed by atoms with Gasteiger partial charge in [-0.05, 0) is 42.4 Å². The van der Waals surface area contributed by atoms with Gasteiger partial charge in [-0.15, -0.1) is 0 Å². The molecule has 112 valence electrons. The zero-order chi connectivity index (χ0) is 15.0. The van der Waals surface area contributed by atoms with Crippen molar-refractivity contribution in [2.24, 2.45) is 0 Å². The van der Waals surface area contributed by atoms with Gasteiger partial charge in [0.05, 0.1) is 6.33 Å². The molecule has 0 N–H and O–H groups in total. The van der Waals surface area contributed by atoms with Crippen molar-refractivity contribution in [2.75, 3.05) is 0 Å². The fourth-order valence-electron chi connectivity index (χ4n) is 2.70. The first-order valence-electron chi connectivity index (χ1n) is 7.98. The Morgan fingerprint density at radius 1 is 0.773 bits per heavy atom. The normalized spacial score (nSPS) is 10.7. The summed E-state index contributed by atoms with van der Waals surface area (Å²) in [5.74, 6) is 0. The summed E-state index contributed by atoms with van der Waals surface area (Å²) in [6.45, 7) is 1.06. The van der Waals surface area contributed by atoms with Crippen molar-refractivity contribution in [3.8, 4) is 0 Å². The molecular formula is C20H22N2. The highest BCUT2D eigenvalue weighted by molar-refractivity contribution is 5.28. The monoisotopic (exact) mass is 290 g/mol.